The minimum Gasteiger partial charge on any atom is -0.464 e. The molecule has 0 atom stereocenters. The number of nitrogen functional groups attached to an aromatic ring is 1. The fraction of sp³-hybridized carbons (Fsp3) is 0.222. The first-order valence-corrected chi connectivity index (χ1v) is 7.35. The standard InChI is InChI=1S/C18H18N2O/c19-17-6-3-4-13-8-9-20(11-16(13)17)10-14-12-21-18-7-2-1-5-15(14)18/h1-7,12H,8-11,19H2. The Hall–Kier alpha value is -2.26. The molecule has 4 rings (SSSR count). The van der Waals surface area contributed by atoms with Gasteiger partial charge in [0.15, 0.2) is 0 Å². The van der Waals surface area contributed by atoms with Crippen molar-refractivity contribution in [3.8, 4) is 0 Å². The molecule has 106 valence electrons. The number of nitrogens with two attached hydrogens (primary N) is 1. The van der Waals surface area contributed by atoms with Crippen LogP contribution in [0.5, 0.6) is 0 Å². The molecule has 2 heterocycles. The maximum atomic E-state index is 6.12. The van der Waals surface area contributed by atoms with E-state index in [1.54, 1.807) is 0 Å². The van der Waals surface area contributed by atoms with Crippen molar-refractivity contribution in [2.45, 2.75) is 19.5 Å². The van der Waals surface area contributed by atoms with Crippen LogP contribution in [0.2, 0.25) is 0 Å². The van der Waals surface area contributed by atoms with Gasteiger partial charge < -0.3 is 10.2 Å². The van der Waals surface area contributed by atoms with Crippen molar-refractivity contribution in [3.05, 3.63) is 65.4 Å². The fourth-order valence-electron chi connectivity index (χ4n) is 3.19. The molecule has 1 aliphatic heterocycles. The largest absolute Gasteiger partial charge is 0.464 e. The second-order valence-corrected chi connectivity index (χ2v) is 5.70. The van der Waals surface area contributed by atoms with E-state index in [0.29, 0.717) is 0 Å². The molecule has 0 saturated carbocycles. The first kappa shape index (κ1) is 12.5. The highest BCUT2D eigenvalue weighted by Crippen LogP contribution is 2.27. The van der Waals surface area contributed by atoms with Crippen molar-refractivity contribution in [2.75, 3.05) is 12.3 Å². The minimum absolute atomic E-state index is 0.908. The van der Waals surface area contributed by atoms with E-state index in [4.69, 9.17) is 10.2 Å². The van der Waals surface area contributed by atoms with Crippen molar-refractivity contribution in [2.24, 2.45) is 0 Å². The molecule has 2 aromatic carbocycles. The van der Waals surface area contributed by atoms with Crippen LogP contribution in [-0.4, -0.2) is 11.4 Å². The molecule has 3 nitrogen and oxygen atoms in total. The molecule has 0 spiro atoms. The van der Waals surface area contributed by atoms with Gasteiger partial charge in [-0.25, -0.2) is 0 Å². The Morgan fingerprint density at radius 1 is 1.10 bits per heavy atom. The van der Waals surface area contributed by atoms with Gasteiger partial charge in [0.2, 0.25) is 0 Å². The monoisotopic (exact) mass is 278 g/mol. The lowest BCUT2D eigenvalue weighted by Gasteiger charge is -2.29. The second-order valence-electron chi connectivity index (χ2n) is 5.70. The lowest BCUT2D eigenvalue weighted by atomic mass is 9.98. The summed E-state index contributed by atoms with van der Waals surface area (Å²) in [6.45, 7) is 2.89. The maximum absolute atomic E-state index is 6.12. The summed E-state index contributed by atoms with van der Waals surface area (Å²) in [6.07, 6.45) is 2.95. The van der Waals surface area contributed by atoms with E-state index in [9.17, 15) is 0 Å². The van der Waals surface area contributed by atoms with Crippen LogP contribution in [0.3, 0.4) is 0 Å². The van der Waals surface area contributed by atoms with Crippen LogP contribution >= 0.6 is 0 Å². The number of hydrogen-bond acceptors (Lipinski definition) is 3. The zero-order valence-electron chi connectivity index (χ0n) is 11.9. The average Bonchev–Trinajstić information content (AvgIpc) is 2.92. The molecule has 0 radical (unpaired) electrons. The SMILES string of the molecule is Nc1cccc2c1CN(Cc1coc3ccccc13)CC2. The molecule has 0 unspecified atom stereocenters. The number of fused-ring (bicyclic) bond motifs is 2. The van der Waals surface area contributed by atoms with Crippen molar-refractivity contribution >= 4 is 16.7 Å². The fourth-order valence-corrected chi connectivity index (χ4v) is 3.19. The van der Waals surface area contributed by atoms with Crippen molar-refractivity contribution in [3.63, 3.8) is 0 Å². The van der Waals surface area contributed by atoms with Crippen molar-refractivity contribution in [1.82, 2.24) is 4.90 Å². The summed E-state index contributed by atoms with van der Waals surface area (Å²) >= 11 is 0. The summed E-state index contributed by atoms with van der Waals surface area (Å²) in [7, 11) is 0. The van der Waals surface area contributed by atoms with Gasteiger partial charge in [0.1, 0.15) is 5.58 Å². The molecule has 1 aromatic heterocycles. The van der Waals surface area contributed by atoms with E-state index in [1.165, 1.54) is 22.1 Å². The molecule has 0 saturated heterocycles. The Morgan fingerprint density at radius 3 is 2.95 bits per heavy atom. The highest BCUT2D eigenvalue weighted by Gasteiger charge is 2.19. The summed E-state index contributed by atoms with van der Waals surface area (Å²) < 4.78 is 5.63. The third kappa shape index (κ3) is 2.20. The van der Waals surface area contributed by atoms with Crippen molar-refractivity contribution in [1.29, 1.82) is 0 Å². The molecule has 1 aliphatic rings. The van der Waals surface area contributed by atoms with Gasteiger partial charge in [-0.2, -0.15) is 0 Å². The Bertz CT molecular complexity index is 791. The molecule has 0 fully saturated rings. The summed E-state index contributed by atoms with van der Waals surface area (Å²) in [5, 5.41) is 1.21. The molecule has 3 heteroatoms. The summed E-state index contributed by atoms with van der Waals surface area (Å²) in [5.74, 6) is 0. The molecule has 2 N–H and O–H groups in total. The van der Waals surface area contributed by atoms with Gasteiger partial charge in [0.25, 0.3) is 0 Å². The summed E-state index contributed by atoms with van der Waals surface area (Å²) in [6, 6.07) is 14.4. The average molecular weight is 278 g/mol. The Balaban J connectivity index is 1.60. The molecule has 0 amide bonds. The number of anilines is 1. The van der Waals surface area contributed by atoms with Gasteiger partial charge in [-0.05, 0) is 29.7 Å². The summed E-state index contributed by atoms with van der Waals surface area (Å²) in [5.41, 5.74) is 11.9. The van der Waals surface area contributed by atoms with E-state index in [1.807, 2.05) is 30.5 Å². The highest BCUT2D eigenvalue weighted by atomic mass is 16.3. The molecular weight excluding hydrogens is 260 g/mol. The normalized spacial score (nSPS) is 15.2. The smallest absolute Gasteiger partial charge is 0.134 e. The third-order valence-electron chi connectivity index (χ3n) is 4.34. The Morgan fingerprint density at radius 2 is 2.00 bits per heavy atom. The molecule has 21 heavy (non-hydrogen) atoms. The number of nitrogens with zero attached hydrogens (tertiary/aromatic N) is 1. The lowest BCUT2D eigenvalue weighted by Crippen LogP contribution is -2.30. The Labute approximate surface area is 124 Å². The molecule has 0 aliphatic carbocycles. The number of benzene rings is 2. The van der Waals surface area contributed by atoms with Crippen LogP contribution < -0.4 is 5.73 Å². The number of para-hydroxylation sites is 1. The highest BCUT2D eigenvalue weighted by molar-refractivity contribution is 5.80. The number of furan rings is 1. The molecule has 0 bridgehead atoms. The third-order valence-corrected chi connectivity index (χ3v) is 4.34. The van der Waals surface area contributed by atoms with Gasteiger partial charge in [0.05, 0.1) is 6.26 Å². The van der Waals surface area contributed by atoms with Gasteiger partial charge in [-0.3, -0.25) is 4.90 Å². The molecular formula is C18H18N2O. The van der Waals surface area contributed by atoms with Gasteiger partial charge in [-0.1, -0.05) is 30.3 Å². The zero-order chi connectivity index (χ0) is 14.2. The van der Waals surface area contributed by atoms with E-state index in [-0.39, 0.29) is 0 Å². The van der Waals surface area contributed by atoms with Gasteiger partial charge in [0, 0.05) is 36.3 Å². The number of rotatable bonds is 2. The summed E-state index contributed by atoms with van der Waals surface area (Å²) in [4.78, 5) is 2.44. The van der Waals surface area contributed by atoms with Crippen LogP contribution in [0.1, 0.15) is 16.7 Å². The predicted octanol–water partition coefficient (Wildman–Crippen LogP) is 3.57. The van der Waals surface area contributed by atoms with Crippen LogP contribution in [0.4, 0.5) is 5.69 Å². The molecule has 3 aromatic rings. The Kier molecular flexibility index (Phi) is 2.93. The second kappa shape index (κ2) is 4.93. The van der Waals surface area contributed by atoms with E-state index < -0.39 is 0 Å². The minimum atomic E-state index is 0.908. The predicted molar refractivity (Wildman–Crippen MR) is 84.9 cm³/mol. The topological polar surface area (TPSA) is 42.4 Å². The van der Waals surface area contributed by atoms with Crippen LogP contribution in [0, 0.1) is 0 Å². The lowest BCUT2D eigenvalue weighted by molar-refractivity contribution is 0.246. The van der Waals surface area contributed by atoms with E-state index in [0.717, 1.165) is 37.3 Å². The van der Waals surface area contributed by atoms with Crippen molar-refractivity contribution < 1.29 is 4.42 Å². The zero-order valence-corrected chi connectivity index (χ0v) is 11.9. The first-order chi connectivity index (χ1) is 10.3. The maximum Gasteiger partial charge on any atom is 0.134 e. The number of hydrogen-bond donors (Lipinski definition) is 1. The van der Waals surface area contributed by atoms with E-state index in [2.05, 4.69) is 23.1 Å². The first-order valence-electron chi connectivity index (χ1n) is 7.35. The van der Waals surface area contributed by atoms with Crippen LogP contribution in [0.25, 0.3) is 11.0 Å². The van der Waals surface area contributed by atoms with Gasteiger partial charge >= 0.3 is 0 Å². The van der Waals surface area contributed by atoms with Gasteiger partial charge in [-0.15, -0.1) is 0 Å². The van der Waals surface area contributed by atoms with E-state index >= 15 is 0 Å². The van der Waals surface area contributed by atoms with Crippen LogP contribution in [0.15, 0.2) is 53.1 Å². The van der Waals surface area contributed by atoms with Crippen LogP contribution in [-0.2, 0) is 19.5 Å². The quantitative estimate of drug-likeness (QED) is 0.729.